The Labute approximate surface area is 216 Å². The van der Waals surface area contributed by atoms with E-state index in [1.165, 1.54) is 0 Å². The van der Waals surface area contributed by atoms with Gasteiger partial charge in [-0.05, 0) is 85.1 Å². The highest BCUT2D eigenvalue weighted by Gasteiger charge is 2.36. The average Bonchev–Trinajstić information content (AvgIpc) is 2.93. The first-order chi connectivity index (χ1) is 17.9. The van der Waals surface area contributed by atoms with E-state index < -0.39 is 5.54 Å². The van der Waals surface area contributed by atoms with E-state index in [1.54, 1.807) is 23.9 Å². The number of ether oxygens (including phenoxy) is 1. The minimum Gasteiger partial charge on any atom is -0.489 e. The monoisotopic (exact) mass is 488 g/mol. The van der Waals surface area contributed by atoms with Crippen LogP contribution in [0.5, 0.6) is 5.75 Å². The van der Waals surface area contributed by atoms with E-state index in [1.807, 2.05) is 75.6 Å². The van der Waals surface area contributed by atoms with E-state index in [-0.39, 0.29) is 12.2 Å². The van der Waals surface area contributed by atoms with Crippen LogP contribution in [0.15, 0.2) is 88.3 Å². The van der Waals surface area contributed by atoms with Crippen LogP contribution in [0.2, 0.25) is 0 Å². The lowest BCUT2D eigenvalue weighted by Gasteiger charge is -2.36. The maximum Gasteiger partial charge on any atom is 0.251 e. The summed E-state index contributed by atoms with van der Waals surface area (Å²) in [7, 11) is 3.72. The Morgan fingerprint density at radius 2 is 1.92 bits per heavy atom. The highest BCUT2D eigenvalue weighted by molar-refractivity contribution is 5.95. The quantitative estimate of drug-likeness (QED) is 0.390. The number of aliphatic imine (C=N–C) groups is 1. The van der Waals surface area contributed by atoms with Crippen molar-refractivity contribution in [1.29, 1.82) is 5.26 Å². The number of rotatable bonds is 3. The van der Waals surface area contributed by atoms with Gasteiger partial charge in [-0.25, -0.2) is 0 Å². The molecule has 0 saturated carbocycles. The molecule has 5 rings (SSSR count). The normalized spacial score (nSPS) is 17.1. The van der Waals surface area contributed by atoms with Gasteiger partial charge in [0.2, 0.25) is 0 Å². The third-order valence-corrected chi connectivity index (χ3v) is 7.26. The lowest BCUT2D eigenvalue weighted by atomic mass is 9.76. The van der Waals surface area contributed by atoms with Crippen LogP contribution in [-0.2, 0) is 19.2 Å². The zero-order valence-electron chi connectivity index (χ0n) is 21.4. The molecule has 0 spiro atoms. The highest BCUT2D eigenvalue weighted by Crippen LogP contribution is 2.40. The molecular formula is C31H28N4O2. The second-order valence-electron chi connectivity index (χ2n) is 9.21. The molecular weight excluding hydrogens is 460 g/mol. The van der Waals surface area contributed by atoms with E-state index in [0.29, 0.717) is 11.3 Å². The molecule has 0 saturated heterocycles. The van der Waals surface area contributed by atoms with Gasteiger partial charge in [0.1, 0.15) is 12.4 Å². The molecule has 6 bridgehead atoms. The molecule has 1 N–H and O–H groups in total. The van der Waals surface area contributed by atoms with Gasteiger partial charge in [-0.15, -0.1) is 0 Å². The predicted molar refractivity (Wildman–Crippen MR) is 148 cm³/mol. The minimum absolute atomic E-state index is 0.0792. The number of benzene rings is 3. The topological polar surface area (TPSA) is 79.4 Å². The first-order valence-corrected chi connectivity index (χ1v) is 12.2. The third-order valence-electron chi connectivity index (χ3n) is 7.26. The number of pyridine rings is 1. The van der Waals surface area contributed by atoms with Crippen LogP contribution in [0.1, 0.15) is 36.1 Å². The molecule has 4 aromatic rings. The molecule has 0 amide bonds. The Hall–Kier alpha value is -4.47. The van der Waals surface area contributed by atoms with Crippen molar-refractivity contribution in [1.82, 2.24) is 9.88 Å². The van der Waals surface area contributed by atoms with Crippen molar-refractivity contribution in [2.45, 2.75) is 26.0 Å². The molecule has 2 heterocycles. The summed E-state index contributed by atoms with van der Waals surface area (Å²) >= 11 is 0. The van der Waals surface area contributed by atoms with E-state index in [2.05, 4.69) is 28.5 Å². The predicted octanol–water partition coefficient (Wildman–Crippen LogP) is 5.43. The van der Waals surface area contributed by atoms with Crippen LogP contribution in [0.25, 0.3) is 22.0 Å². The van der Waals surface area contributed by atoms with Crippen molar-refractivity contribution in [3.63, 3.8) is 0 Å². The molecule has 1 unspecified atom stereocenters. The van der Waals surface area contributed by atoms with Crippen molar-refractivity contribution in [3.8, 4) is 22.9 Å². The molecule has 6 nitrogen and oxygen atoms in total. The SMILES string of the molecule is CC=N/C=C(\C)C1(NC)c2ccc(C#N)c(c2)COc2cccc(c2)-c2cc(=O)n(C)c3ccc1cc23. The number of likely N-dealkylation sites (N-methyl/N-ethyl adjacent to an activating group) is 1. The van der Waals surface area contributed by atoms with Crippen LogP contribution in [0.3, 0.4) is 0 Å². The summed E-state index contributed by atoms with van der Waals surface area (Å²) in [6.07, 6.45) is 3.61. The fraction of sp³-hybridized carbons (Fsp3) is 0.194. The highest BCUT2D eigenvalue weighted by atomic mass is 16.5. The van der Waals surface area contributed by atoms with Crippen LogP contribution >= 0.6 is 0 Å². The van der Waals surface area contributed by atoms with E-state index in [0.717, 1.165) is 44.3 Å². The molecule has 1 aliphatic heterocycles. The smallest absolute Gasteiger partial charge is 0.251 e. The van der Waals surface area contributed by atoms with Gasteiger partial charge in [0, 0.05) is 36.5 Å². The second-order valence-corrected chi connectivity index (χ2v) is 9.21. The maximum atomic E-state index is 12.9. The zero-order chi connectivity index (χ0) is 26.2. The maximum absolute atomic E-state index is 12.9. The molecule has 0 fully saturated rings. The van der Waals surface area contributed by atoms with Crippen molar-refractivity contribution < 1.29 is 4.74 Å². The van der Waals surface area contributed by atoms with Gasteiger partial charge >= 0.3 is 0 Å². The summed E-state index contributed by atoms with van der Waals surface area (Å²) < 4.78 is 7.86. The van der Waals surface area contributed by atoms with Crippen LogP contribution < -0.4 is 15.6 Å². The number of aromatic nitrogens is 1. The van der Waals surface area contributed by atoms with Crippen LogP contribution in [-0.4, -0.2) is 17.8 Å². The summed E-state index contributed by atoms with van der Waals surface area (Å²) in [5.41, 5.74) is 6.04. The molecule has 1 aromatic heterocycles. The fourth-order valence-corrected chi connectivity index (χ4v) is 5.29. The summed E-state index contributed by atoms with van der Waals surface area (Å²) in [5, 5.41) is 14.4. The average molecular weight is 489 g/mol. The Bertz CT molecular complexity index is 1690. The summed E-state index contributed by atoms with van der Waals surface area (Å²) in [5.74, 6) is 0.671. The molecule has 1 atom stereocenters. The minimum atomic E-state index is -0.748. The zero-order valence-corrected chi connectivity index (χ0v) is 21.4. The van der Waals surface area contributed by atoms with Gasteiger partial charge in [-0.1, -0.05) is 24.3 Å². The van der Waals surface area contributed by atoms with Gasteiger partial charge < -0.3 is 14.6 Å². The van der Waals surface area contributed by atoms with Crippen molar-refractivity contribution >= 4 is 17.1 Å². The second kappa shape index (κ2) is 9.53. The first-order valence-electron chi connectivity index (χ1n) is 12.2. The number of aryl methyl sites for hydroxylation is 1. The summed E-state index contributed by atoms with van der Waals surface area (Å²) in [6.45, 7) is 4.17. The number of nitrogens with one attached hydrogen (secondary N) is 1. The molecule has 0 radical (unpaired) electrons. The van der Waals surface area contributed by atoms with Gasteiger partial charge in [0.25, 0.3) is 5.56 Å². The lowest BCUT2D eigenvalue weighted by molar-refractivity contribution is 0.305. The Morgan fingerprint density at radius 3 is 2.68 bits per heavy atom. The first kappa shape index (κ1) is 24.2. The Kier molecular flexibility index (Phi) is 6.24. The van der Waals surface area contributed by atoms with E-state index in [4.69, 9.17) is 4.74 Å². The standard InChI is InChI=1S/C31H28N4O2/c1-5-34-18-20(2)31(33-3)24-10-9-22(17-32)23(13-24)19-37-26-8-6-7-21(14-26)27-16-30(36)35(4)29-12-11-25(31)15-28(27)29/h5-16,18,33H,19H2,1-4H3/b20-18+,34-5?. The number of nitrogens with zero attached hydrogens (tertiary/aromatic N) is 3. The molecule has 184 valence electrons. The number of fused-ring (bicyclic) bond motifs is 6. The Balaban J connectivity index is 1.95. The summed E-state index contributed by atoms with van der Waals surface area (Å²) in [6, 6.07) is 23.8. The number of hydrogen-bond donors (Lipinski definition) is 1. The molecule has 6 heteroatoms. The molecule has 1 aliphatic rings. The van der Waals surface area contributed by atoms with Crippen molar-refractivity contribution in [3.05, 3.63) is 111 Å². The van der Waals surface area contributed by atoms with Crippen molar-refractivity contribution in [2.75, 3.05) is 7.05 Å². The third kappa shape index (κ3) is 3.94. The van der Waals surface area contributed by atoms with Crippen LogP contribution in [0.4, 0.5) is 0 Å². The molecule has 37 heavy (non-hydrogen) atoms. The lowest BCUT2D eigenvalue weighted by Crippen LogP contribution is -2.42. The fourth-order valence-electron chi connectivity index (χ4n) is 5.29. The Morgan fingerprint density at radius 1 is 1.14 bits per heavy atom. The van der Waals surface area contributed by atoms with Gasteiger partial charge in [0.05, 0.1) is 22.7 Å². The van der Waals surface area contributed by atoms with E-state index in [9.17, 15) is 10.1 Å². The largest absolute Gasteiger partial charge is 0.489 e. The van der Waals surface area contributed by atoms with E-state index >= 15 is 0 Å². The molecule has 0 aliphatic carbocycles. The summed E-state index contributed by atoms with van der Waals surface area (Å²) in [4.78, 5) is 17.4. The molecule has 3 aromatic carbocycles. The van der Waals surface area contributed by atoms with Gasteiger partial charge in [-0.2, -0.15) is 5.26 Å². The van der Waals surface area contributed by atoms with Gasteiger partial charge in [-0.3, -0.25) is 9.79 Å². The number of nitriles is 1. The van der Waals surface area contributed by atoms with Crippen LogP contribution in [0, 0.1) is 11.3 Å². The van der Waals surface area contributed by atoms with Crippen molar-refractivity contribution in [2.24, 2.45) is 12.0 Å². The number of hydrogen-bond acceptors (Lipinski definition) is 5. The van der Waals surface area contributed by atoms with Gasteiger partial charge in [0.15, 0.2) is 0 Å².